The topological polar surface area (TPSA) is 46.3 Å². The van der Waals surface area contributed by atoms with E-state index in [9.17, 15) is 4.79 Å². The van der Waals surface area contributed by atoms with Crippen molar-refractivity contribution in [2.45, 2.75) is 14.4 Å². The van der Waals surface area contributed by atoms with Gasteiger partial charge in [-0.05, 0) is 20.6 Å². The Kier molecular flexibility index (Phi) is 25.8. The molecule has 0 aliphatic rings. The van der Waals surface area contributed by atoms with E-state index < -0.39 is 0 Å². The zero-order valence-electron chi connectivity index (χ0n) is 6.42. The van der Waals surface area contributed by atoms with Gasteiger partial charge in [0.1, 0.15) is 6.29 Å². The van der Waals surface area contributed by atoms with Crippen molar-refractivity contribution in [1.82, 2.24) is 4.90 Å². The molecule has 0 saturated heterocycles. The van der Waals surface area contributed by atoms with Crippen LogP contribution in [0.5, 0.6) is 0 Å². The molecule has 3 heteroatoms. The summed E-state index contributed by atoms with van der Waals surface area (Å²) in [5.74, 6) is 0. The highest BCUT2D eigenvalue weighted by Crippen LogP contribution is 1.62. The van der Waals surface area contributed by atoms with Gasteiger partial charge in [-0.3, -0.25) is 0 Å². The Labute approximate surface area is 64.2 Å². The minimum absolute atomic E-state index is 0. The molecule has 2 N–H and O–H groups in total. The molecule has 0 aromatic rings. The Balaban J connectivity index is -0.000000107. The fourth-order valence-corrected chi connectivity index (χ4v) is 0.149. The number of nitrogens with two attached hydrogens (primary N) is 1. The van der Waals surface area contributed by atoms with Gasteiger partial charge in [-0.15, -0.1) is 0 Å². The summed E-state index contributed by atoms with van der Waals surface area (Å²) < 4.78 is 0. The molecule has 0 aromatic heterocycles. The standard InChI is InChI=1S/C4H9NO.C2H7N.CH4/c1-5(2)3-4-6;1-2-3;/h4H,3H2,1-2H3;2-3H2,1H3;1H4. The molecule has 10 heavy (non-hydrogen) atoms. The van der Waals surface area contributed by atoms with E-state index >= 15 is 0 Å². The Morgan fingerprint density at radius 1 is 1.50 bits per heavy atom. The number of hydrogen-bond acceptors (Lipinski definition) is 3. The summed E-state index contributed by atoms with van der Waals surface area (Å²) in [7, 11) is 3.71. The normalized spacial score (nSPS) is 7.30. The average Bonchev–Trinajstić information content (AvgIpc) is 1.67. The summed E-state index contributed by atoms with van der Waals surface area (Å²) in [6.07, 6.45) is 0.875. The number of rotatable bonds is 2. The fourth-order valence-electron chi connectivity index (χ4n) is 0.149. The van der Waals surface area contributed by atoms with Crippen LogP contribution < -0.4 is 5.73 Å². The van der Waals surface area contributed by atoms with Crippen molar-refractivity contribution in [3.05, 3.63) is 0 Å². The van der Waals surface area contributed by atoms with Crippen molar-refractivity contribution in [2.24, 2.45) is 5.73 Å². The van der Waals surface area contributed by atoms with E-state index in [1.807, 2.05) is 25.9 Å². The van der Waals surface area contributed by atoms with Gasteiger partial charge in [-0.25, -0.2) is 0 Å². The average molecular weight is 148 g/mol. The number of likely N-dealkylation sites (N-methyl/N-ethyl adjacent to an activating group) is 1. The molecule has 0 heterocycles. The second-order valence-electron chi connectivity index (χ2n) is 1.84. The summed E-state index contributed by atoms with van der Waals surface area (Å²) >= 11 is 0. The predicted molar refractivity (Wildman–Crippen MR) is 46.1 cm³/mol. The fraction of sp³-hybridized carbons (Fsp3) is 0.857. The number of aldehydes is 1. The summed E-state index contributed by atoms with van der Waals surface area (Å²) in [5, 5.41) is 0. The maximum absolute atomic E-state index is 9.57. The van der Waals surface area contributed by atoms with Crippen LogP contribution in [0.1, 0.15) is 14.4 Å². The molecule has 0 aliphatic heterocycles. The Bertz CT molecular complexity index is 55.6. The van der Waals surface area contributed by atoms with E-state index in [0.717, 1.165) is 12.8 Å². The Morgan fingerprint density at radius 3 is 1.80 bits per heavy atom. The van der Waals surface area contributed by atoms with Gasteiger partial charge in [0.15, 0.2) is 0 Å². The van der Waals surface area contributed by atoms with Crippen LogP contribution in [0.15, 0.2) is 0 Å². The van der Waals surface area contributed by atoms with Crippen LogP contribution >= 0.6 is 0 Å². The first-order chi connectivity index (χ1) is 4.18. The second-order valence-corrected chi connectivity index (χ2v) is 1.84. The summed E-state index contributed by atoms with van der Waals surface area (Å²) in [6.45, 7) is 3.18. The number of carbonyl (C=O) groups excluding carboxylic acids is 1. The van der Waals surface area contributed by atoms with Gasteiger partial charge in [0.2, 0.25) is 0 Å². The molecule has 0 atom stereocenters. The highest BCUT2D eigenvalue weighted by atomic mass is 16.1. The van der Waals surface area contributed by atoms with Crippen molar-refractivity contribution in [3.63, 3.8) is 0 Å². The van der Waals surface area contributed by atoms with Crippen molar-refractivity contribution >= 4 is 6.29 Å². The van der Waals surface area contributed by atoms with Crippen LogP contribution in [0.2, 0.25) is 0 Å². The van der Waals surface area contributed by atoms with Crippen LogP contribution in [0.3, 0.4) is 0 Å². The minimum Gasteiger partial charge on any atom is -0.331 e. The van der Waals surface area contributed by atoms with E-state index in [2.05, 4.69) is 0 Å². The second kappa shape index (κ2) is 15.8. The van der Waals surface area contributed by atoms with Crippen LogP contribution in [-0.4, -0.2) is 38.4 Å². The van der Waals surface area contributed by atoms with Gasteiger partial charge < -0.3 is 15.4 Å². The lowest BCUT2D eigenvalue weighted by Crippen LogP contribution is -2.13. The number of hydrogen-bond donors (Lipinski definition) is 1. The summed E-state index contributed by atoms with van der Waals surface area (Å²) in [6, 6.07) is 0. The summed E-state index contributed by atoms with van der Waals surface area (Å²) in [4.78, 5) is 11.4. The van der Waals surface area contributed by atoms with Crippen LogP contribution in [0, 0.1) is 0 Å². The molecule has 0 spiro atoms. The molecule has 3 nitrogen and oxygen atoms in total. The zero-order valence-corrected chi connectivity index (χ0v) is 6.42. The first kappa shape index (κ1) is 16.3. The van der Waals surface area contributed by atoms with Gasteiger partial charge in [0.05, 0.1) is 6.54 Å². The third-order valence-electron chi connectivity index (χ3n) is 0.440. The smallest absolute Gasteiger partial charge is 0.133 e. The molecule has 0 fully saturated rings. The van der Waals surface area contributed by atoms with Crippen molar-refractivity contribution in [3.8, 4) is 0 Å². The van der Waals surface area contributed by atoms with E-state index in [1.165, 1.54) is 0 Å². The van der Waals surface area contributed by atoms with Crippen molar-refractivity contribution in [1.29, 1.82) is 0 Å². The molecule has 0 saturated carbocycles. The van der Waals surface area contributed by atoms with Crippen molar-refractivity contribution < 1.29 is 4.79 Å². The highest BCUT2D eigenvalue weighted by molar-refractivity contribution is 5.51. The van der Waals surface area contributed by atoms with Gasteiger partial charge >= 0.3 is 0 Å². The number of carbonyl (C=O) groups is 1. The van der Waals surface area contributed by atoms with Gasteiger partial charge in [-0.2, -0.15) is 0 Å². The third-order valence-corrected chi connectivity index (χ3v) is 0.440. The minimum atomic E-state index is 0. The molecule has 64 valence electrons. The molecule has 0 aliphatic carbocycles. The SMILES string of the molecule is C.CCN.CN(C)CC=O. The largest absolute Gasteiger partial charge is 0.331 e. The lowest BCUT2D eigenvalue weighted by molar-refractivity contribution is -0.108. The molecule has 0 bridgehead atoms. The first-order valence-corrected chi connectivity index (χ1v) is 2.97. The monoisotopic (exact) mass is 148 g/mol. The van der Waals surface area contributed by atoms with E-state index in [0.29, 0.717) is 6.54 Å². The lowest BCUT2D eigenvalue weighted by atomic mass is 10.7. The van der Waals surface area contributed by atoms with Crippen LogP contribution in [0.25, 0.3) is 0 Å². The molecule has 0 amide bonds. The number of nitrogens with zero attached hydrogens (tertiary/aromatic N) is 1. The van der Waals surface area contributed by atoms with Gasteiger partial charge in [0, 0.05) is 0 Å². The first-order valence-electron chi connectivity index (χ1n) is 2.97. The summed E-state index contributed by atoms with van der Waals surface area (Å²) in [5.41, 5.74) is 4.85. The maximum Gasteiger partial charge on any atom is 0.133 e. The predicted octanol–water partition coefficient (Wildman–Crippen LogP) is 0.348. The van der Waals surface area contributed by atoms with E-state index in [-0.39, 0.29) is 7.43 Å². The lowest BCUT2D eigenvalue weighted by Gasteiger charge is -1.99. The van der Waals surface area contributed by atoms with Crippen LogP contribution in [0.4, 0.5) is 0 Å². The molecule has 0 unspecified atom stereocenters. The van der Waals surface area contributed by atoms with Crippen LogP contribution in [-0.2, 0) is 4.79 Å². The molecular weight excluding hydrogens is 128 g/mol. The van der Waals surface area contributed by atoms with E-state index in [4.69, 9.17) is 5.73 Å². The molecule has 0 rings (SSSR count). The molecule has 0 radical (unpaired) electrons. The maximum atomic E-state index is 9.57. The highest BCUT2D eigenvalue weighted by Gasteiger charge is 1.79. The Hall–Kier alpha value is -0.410. The Morgan fingerprint density at radius 2 is 1.80 bits per heavy atom. The third kappa shape index (κ3) is 49.1. The van der Waals surface area contributed by atoms with E-state index in [1.54, 1.807) is 0 Å². The zero-order chi connectivity index (χ0) is 7.70. The van der Waals surface area contributed by atoms with Gasteiger partial charge in [-0.1, -0.05) is 14.4 Å². The molecule has 0 aromatic carbocycles. The van der Waals surface area contributed by atoms with Crippen molar-refractivity contribution in [2.75, 3.05) is 27.2 Å². The molecular formula is C7H20N2O. The van der Waals surface area contributed by atoms with Gasteiger partial charge in [0.25, 0.3) is 0 Å². The quantitative estimate of drug-likeness (QED) is 0.575.